The number of aromatic nitrogens is 2. The van der Waals surface area contributed by atoms with Crippen LogP contribution in [-0.2, 0) is 0 Å². The fourth-order valence-electron chi connectivity index (χ4n) is 2.08. The van der Waals surface area contributed by atoms with E-state index in [1.807, 2.05) is 48.7 Å². The van der Waals surface area contributed by atoms with Crippen LogP contribution in [0.15, 0.2) is 53.0 Å². The number of nitrogens with two attached hydrogens (primary N) is 2. The molecule has 0 saturated carbocycles. The van der Waals surface area contributed by atoms with E-state index >= 15 is 0 Å². The van der Waals surface area contributed by atoms with Crippen LogP contribution in [0, 0.1) is 0 Å². The highest BCUT2D eigenvalue weighted by Gasteiger charge is 2.07. The van der Waals surface area contributed by atoms with Crippen LogP contribution in [0.4, 0.5) is 5.69 Å². The molecule has 112 valence electrons. The van der Waals surface area contributed by atoms with E-state index in [9.17, 15) is 0 Å². The van der Waals surface area contributed by atoms with Gasteiger partial charge in [-0.2, -0.15) is 0 Å². The molecule has 22 heavy (non-hydrogen) atoms. The molecule has 0 bridgehead atoms. The molecule has 0 fully saturated rings. The van der Waals surface area contributed by atoms with Crippen molar-refractivity contribution in [1.29, 1.82) is 0 Å². The molecule has 0 aliphatic carbocycles. The third kappa shape index (κ3) is 3.08. The average Bonchev–Trinajstić information content (AvgIpc) is 3.19. The van der Waals surface area contributed by atoms with Gasteiger partial charge >= 0.3 is 0 Å². The van der Waals surface area contributed by atoms with Gasteiger partial charge in [-0.25, -0.2) is 9.98 Å². The number of hydrogen-bond donors (Lipinski definition) is 3. The van der Waals surface area contributed by atoms with E-state index in [0.717, 1.165) is 27.6 Å². The molecule has 2 aromatic heterocycles. The van der Waals surface area contributed by atoms with Crippen LogP contribution < -0.4 is 11.5 Å². The van der Waals surface area contributed by atoms with Crippen LogP contribution in [0.2, 0.25) is 0 Å². The lowest BCUT2D eigenvalue weighted by Crippen LogP contribution is -2.10. The molecule has 3 aromatic rings. The fourth-order valence-corrected chi connectivity index (χ4v) is 2.70. The molecular weight excluding hydrogens is 294 g/mol. The summed E-state index contributed by atoms with van der Waals surface area (Å²) in [6.07, 6.45) is 1.78. The number of hydrogen-bond acceptors (Lipinski definition) is 4. The monoisotopic (exact) mass is 311 g/mol. The average molecular weight is 311 g/mol. The molecule has 5 N–H and O–H groups in total. The maximum atomic E-state index is 6.03. The largest absolute Gasteiger partial charge is 0.383 e. The molecule has 0 radical (unpaired) electrons. The normalized spacial score (nSPS) is 13.3. The molecule has 1 unspecified atom stereocenters. The van der Waals surface area contributed by atoms with Gasteiger partial charge in [0, 0.05) is 5.56 Å². The number of benzene rings is 1. The number of aromatic amines is 1. The lowest BCUT2D eigenvalue weighted by atomic mass is 10.1. The minimum absolute atomic E-state index is 0.121. The minimum atomic E-state index is -0.121. The van der Waals surface area contributed by atoms with Crippen molar-refractivity contribution in [1.82, 2.24) is 9.97 Å². The van der Waals surface area contributed by atoms with E-state index in [1.54, 1.807) is 17.5 Å². The van der Waals surface area contributed by atoms with Crippen molar-refractivity contribution in [2.24, 2.45) is 16.5 Å². The molecule has 6 heteroatoms. The molecule has 5 nitrogen and oxygen atoms in total. The Balaban J connectivity index is 1.91. The summed E-state index contributed by atoms with van der Waals surface area (Å²) in [5, 5.41) is 1.98. The summed E-state index contributed by atoms with van der Waals surface area (Å²) < 4.78 is 0. The molecule has 2 heterocycles. The highest BCUT2D eigenvalue weighted by atomic mass is 32.1. The Kier molecular flexibility index (Phi) is 4.04. The first kappa shape index (κ1) is 14.5. The minimum Gasteiger partial charge on any atom is -0.383 e. The summed E-state index contributed by atoms with van der Waals surface area (Å²) in [6.45, 7) is 1.89. The van der Waals surface area contributed by atoms with Gasteiger partial charge in [-0.3, -0.25) is 0 Å². The van der Waals surface area contributed by atoms with Gasteiger partial charge in [-0.15, -0.1) is 11.3 Å². The Morgan fingerprint density at radius 3 is 2.86 bits per heavy atom. The van der Waals surface area contributed by atoms with Gasteiger partial charge in [0.15, 0.2) is 0 Å². The van der Waals surface area contributed by atoms with Gasteiger partial charge in [0.2, 0.25) is 0 Å². The SMILES string of the molecule is CC(N)c1ncc(-c2cccc(N=C(N)c3cccs3)c2)[nH]1. The second-order valence-electron chi connectivity index (χ2n) is 5.00. The second-order valence-corrected chi connectivity index (χ2v) is 5.94. The third-order valence-corrected chi connectivity index (χ3v) is 4.10. The number of thiophene rings is 1. The van der Waals surface area contributed by atoms with E-state index in [2.05, 4.69) is 15.0 Å². The number of amidine groups is 1. The maximum Gasteiger partial charge on any atom is 0.141 e. The van der Waals surface area contributed by atoms with Crippen molar-refractivity contribution in [3.63, 3.8) is 0 Å². The van der Waals surface area contributed by atoms with Crippen LogP contribution in [0.1, 0.15) is 23.7 Å². The first-order valence-corrected chi connectivity index (χ1v) is 7.80. The van der Waals surface area contributed by atoms with Crippen molar-refractivity contribution in [3.8, 4) is 11.3 Å². The molecule has 0 aliphatic heterocycles. The Morgan fingerprint density at radius 1 is 1.32 bits per heavy atom. The van der Waals surface area contributed by atoms with Crippen LogP contribution in [-0.4, -0.2) is 15.8 Å². The van der Waals surface area contributed by atoms with Crippen LogP contribution >= 0.6 is 11.3 Å². The lowest BCUT2D eigenvalue weighted by Gasteiger charge is -2.02. The maximum absolute atomic E-state index is 6.03. The molecule has 0 spiro atoms. The quantitative estimate of drug-likeness (QED) is 0.510. The van der Waals surface area contributed by atoms with Crippen LogP contribution in [0.3, 0.4) is 0 Å². The summed E-state index contributed by atoms with van der Waals surface area (Å²) in [6, 6.07) is 11.6. The molecule has 1 aromatic carbocycles. The second kappa shape index (κ2) is 6.13. The Morgan fingerprint density at radius 2 is 2.18 bits per heavy atom. The van der Waals surface area contributed by atoms with Crippen molar-refractivity contribution < 1.29 is 0 Å². The molecule has 3 rings (SSSR count). The van der Waals surface area contributed by atoms with Gasteiger partial charge in [-0.05, 0) is 30.5 Å². The Bertz CT molecular complexity index is 786. The molecule has 0 aliphatic rings. The standard InChI is InChI=1S/C16H17N5S/c1-10(17)16-19-9-13(21-16)11-4-2-5-12(8-11)20-15(18)14-6-3-7-22-14/h2-10H,17H2,1H3,(H2,18,20)(H,19,21). The summed E-state index contributed by atoms with van der Waals surface area (Å²) in [7, 11) is 0. The van der Waals surface area contributed by atoms with Gasteiger partial charge in [0.1, 0.15) is 11.7 Å². The molecule has 1 atom stereocenters. The van der Waals surface area contributed by atoms with Crippen molar-refractivity contribution in [2.45, 2.75) is 13.0 Å². The predicted octanol–water partition coefficient (Wildman–Crippen LogP) is 3.19. The number of nitrogens with zero attached hydrogens (tertiary/aromatic N) is 2. The summed E-state index contributed by atoms with van der Waals surface area (Å²) in [4.78, 5) is 12.9. The van der Waals surface area contributed by atoms with Gasteiger partial charge < -0.3 is 16.5 Å². The van der Waals surface area contributed by atoms with E-state index in [1.165, 1.54) is 0 Å². The topological polar surface area (TPSA) is 93.1 Å². The predicted molar refractivity (Wildman–Crippen MR) is 91.3 cm³/mol. The summed E-state index contributed by atoms with van der Waals surface area (Å²) in [5.74, 6) is 1.29. The van der Waals surface area contributed by atoms with Gasteiger partial charge in [0.25, 0.3) is 0 Å². The van der Waals surface area contributed by atoms with E-state index in [0.29, 0.717) is 5.84 Å². The number of H-pyrrole nitrogens is 1. The zero-order chi connectivity index (χ0) is 15.5. The number of aliphatic imine (C=N–C) groups is 1. The fraction of sp³-hybridized carbons (Fsp3) is 0.125. The first-order valence-electron chi connectivity index (χ1n) is 6.92. The van der Waals surface area contributed by atoms with Gasteiger partial charge in [-0.1, -0.05) is 18.2 Å². The van der Waals surface area contributed by atoms with Crippen molar-refractivity contribution >= 4 is 22.9 Å². The zero-order valence-corrected chi connectivity index (χ0v) is 13.0. The highest BCUT2D eigenvalue weighted by molar-refractivity contribution is 7.12. The van der Waals surface area contributed by atoms with Crippen LogP contribution in [0.5, 0.6) is 0 Å². The Hall–Kier alpha value is -2.44. The summed E-state index contributed by atoms with van der Waals surface area (Å²) in [5.41, 5.74) is 14.6. The summed E-state index contributed by atoms with van der Waals surface area (Å²) >= 11 is 1.57. The number of rotatable bonds is 4. The zero-order valence-electron chi connectivity index (χ0n) is 12.2. The third-order valence-electron chi connectivity index (χ3n) is 3.21. The van der Waals surface area contributed by atoms with E-state index in [-0.39, 0.29) is 6.04 Å². The molecule has 0 amide bonds. The lowest BCUT2D eigenvalue weighted by molar-refractivity contribution is 0.756. The van der Waals surface area contributed by atoms with Gasteiger partial charge in [0.05, 0.1) is 28.5 Å². The number of imidazole rings is 1. The smallest absolute Gasteiger partial charge is 0.141 e. The van der Waals surface area contributed by atoms with E-state index in [4.69, 9.17) is 11.5 Å². The molecule has 0 saturated heterocycles. The molecular formula is C16H17N5S. The van der Waals surface area contributed by atoms with Crippen molar-refractivity contribution in [2.75, 3.05) is 0 Å². The Labute approximate surface area is 132 Å². The highest BCUT2D eigenvalue weighted by Crippen LogP contribution is 2.24. The van der Waals surface area contributed by atoms with Crippen LogP contribution in [0.25, 0.3) is 11.3 Å². The first-order chi connectivity index (χ1) is 10.6. The van der Waals surface area contributed by atoms with Crippen molar-refractivity contribution in [3.05, 3.63) is 58.7 Å². The number of nitrogens with one attached hydrogen (secondary N) is 1. The van der Waals surface area contributed by atoms with E-state index < -0.39 is 0 Å².